The number of carbonyl (C=O) groups excluding carboxylic acids is 3. The molecule has 3 amide bonds. The minimum atomic E-state index is -0.272. The van der Waals surface area contributed by atoms with E-state index in [0.717, 1.165) is 29.7 Å². The maximum atomic E-state index is 12.2. The smallest absolute Gasteiger partial charge is 0.258 e. The topological polar surface area (TPSA) is 87.7 Å². The summed E-state index contributed by atoms with van der Waals surface area (Å²) in [5, 5.41) is 5.71. The summed E-state index contributed by atoms with van der Waals surface area (Å²) in [5.41, 5.74) is 2.96. The molecule has 0 spiro atoms. The molecular weight excluding hydrogens is 382 g/mol. The minimum Gasteiger partial charge on any atom is -0.483 e. The van der Waals surface area contributed by atoms with Crippen LogP contribution in [-0.4, -0.2) is 43.3 Å². The molecule has 0 saturated heterocycles. The predicted molar refractivity (Wildman–Crippen MR) is 114 cm³/mol. The third kappa shape index (κ3) is 5.83. The van der Waals surface area contributed by atoms with Gasteiger partial charge in [0.15, 0.2) is 6.61 Å². The molecule has 0 heterocycles. The Balaban J connectivity index is 1.51. The average Bonchev–Trinajstić information content (AvgIpc) is 3.57. The van der Waals surface area contributed by atoms with Gasteiger partial charge in [-0.05, 0) is 55.2 Å². The molecule has 1 fully saturated rings. The van der Waals surface area contributed by atoms with Crippen molar-refractivity contribution in [1.29, 1.82) is 0 Å². The summed E-state index contributed by atoms with van der Waals surface area (Å²) >= 11 is 0. The SMILES string of the molecule is Cc1ccc(C(=O)N(C)C)cc1OCC(=O)NCc1cccc(NC(=O)C2CC2)c1. The van der Waals surface area contributed by atoms with Gasteiger partial charge in [-0.15, -0.1) is 0 Å². The van der Waals surface area contributed by atoms with E-state index in [1.54, 1.807) is 32.3 Å². The van der Waals surface area contributed by atoms with Gasteiger partial charge in [0.05, 0.1) is 0 Å². The summed E-state index contributed by atoms with van der Waals surface area (Å²) < 4.78 is 5.63. The summed E-state index contributed by atoms with van der Waals surface area (Å²) in [6.07, 6.45) is 1.90. The number of benzene rings is 2. The summed E-state index contributed by atoms with van der Waals surface area (Å²) in [6, 6.07) is 12.6. The summed E-state index contributed by atoms with van der Waals surface area (Å²) in [4.78, 5) is 37.7. The fraction of sp³-hybridized carbons (Fsp3) is 0.348. The van der Waals surface area contributed by atoms with E-state index in [9.17, 15) is 14.4 Å². The fourth-order valence-corrected chi connectivity index (χ4v) is 2.89. The normalized spacial score (nSPS) is 12.8. The van der Waals surface area contributed by atoms with Gasteiger partial charge in [0.25, 0.3) is 11.8 Å². The van der Waals surface area contributed by atoms with Crippen molar-refractivity contribution in [2.45, 2.75) is 26.3 Å². The second-order valence-corrected chi connectivity index (χ2v) is 7.71. The van der Waals surface area contributed by atoms with Gasteiger partial charge in [-0.25, -0.2) is 0 Å². The summed E-state index contributed by atoms with van der Waals surface area (Å²) in [5.74, 6) is 0.294. The standard InChI is InChI=1S/C23H27N3O4/c1-15-7-8-18(23(29)26(2)3)12-20(15)30-14-21(27)24-13-16-5-4-6-19(11-16)25-22(28)17-9-10-17/h4-8,11-12,17H,9-10,13-14H2,1-3H3,(H,24,27)(H,25,28). The molecule has 0 bridgehead atoms. The number of anilines is 1. The lowest BCUT2D eigenvalue weighted by Gasteiger charge is -2.14. The van der Waals surface area contributed by atoms with Crippen molar-refractivity contribution < 1.29 is 19.1 Å². The van der Waals surface area contributed by atoms with E-state index in [1.807, 2.05) is 31.2 Å². The molecule has 0 radical (unpaired) electrons. The number of hydrogen-bond donors (Lipinski definition) is 2. The van der Waals surface area contributed by atoms with Gasteiger partial charge in [0, 0.05) is 37.8 Å². The van der Waals surface area contributed by atoms with Crippen LogP contribution < -0.4 is 15.4 Å². The Morgan fingerprint density at radius 1 is 1.10 bits per heavy atom. The van der Waals surface area contributed by atoms with E-state index in [0.29, 0.717) is 17.9 Å². The fourth-order valence-electron chi connectivity index (χ4n) is 2.89. The van der Waals surface area contributed by atoms with Crippen LogP contribution in [0.5, 0.6) is 5.75 Å². The largest absolute Gasteiger partial charge is 0.483 e. The lowest BCUT2D eigenvalue weighted by atomic mass is 10.1. The van der Waals surface area contributed by atoms with Crippen molar-refractivity contribution in [1.82, 2.24) is 10.2 Å². The van der Waals surface area contributed by atoms with Crippen molar-refractivity contribution in [3.05, 3.63) is 59.2 Å². The molecule has 3 rings (SSSR count). The maximum Gasteiger partial charge on any atom is 0.258 e. The van der Waals surface area contributed by atoms with E-state index >= 15 is 0 Å². The molecule has 1 aliphatic carbocycles. The molecule has 30 heavy (non-hydrogen) atoms. The summed E-state index contributed by atoms with van der Waals surface area (Å²) in [6.45, 7) is 2.03. The van der Waals surface area contributed by atoms with Crippen LogP contribution in [0.3, 0.4) is 0 Å². The highest BCUT2D eigenvalue weighted by Crippen LogP contribution is 2.30. The van der Waals surface area contributed by atoms with Crippen LogP contribution in [0.2, 0.25) is 0 Å². The number of aryl methyl sites for hydroxylation is 1. The van der Waals surface area contributed by atoms with Gasteiger partial charge in [0.1, 0.15) is 5.75 Å². The van der Waals surface area contributed by atoms with Crippen LogP contribution in [0.1, 0.15) is 34.3 Å². The van der Waals surface area contributed by atoms with Gasteiger partial charge in [-0.3, -0.25) is 14.4 Å². The number of rotatable bonds is 8. The van der Waals surface area contributed by atoms with Crippen molar-refractivity contribution in [3.8, 4) is 5.75 Å². The number of nitrogens with zero attached hydrogens (tertiary/aromatic N) is 1. The molecule has 1 saturated carbocycles. The van der Waals surface area contributed by atoms with E-state index in [4.69, 9.17) is 4.74 Å². The van der Waals surface area contributed by atoms with E-state index in [-0.39, 0.29) is 30.2 Å². The quantitative estimate of drug-likeness (QED) is 0.702. The second kappa shape index (κ2) is 9.43. The van der Waals surface area contributed by atoms with Crippen LogP contribution in [0, 0.1) is 12.8 Å². The lowest BCUT2D eigenvalue weighted by Crippen LogP contribution is -2.28. The Labute approximate surface area is 176 Å². The summed E-state index contributed by atoms with van der Waals surface area (Å²) in [7, 11) is 3.37. The number of hydrogen-bond acceptors (Lipinski definition) is 4. The zero-order valence-corrected chi connectivity index (χ0v) is 17.5. The van der Waals surface area contributed by atoms with Crippen LogP contribution in [0.25, 0.3) is 0 Å². The Morgan fingerprint density at radius 2 is 1.87 bits per heavy atom. The molecule has 2 N–H and O–H groups in total. The maximum absolute atomic E-state index is 12.2. The minimum absolute atomic E-state index is 0.0509. The van der Waals surface area contributed by atoms with E-state index < -0.39 is 0 Å². The first kappa shape index (κ1) is 21.4. The third-order valence-corrected chi connectivity index (χ3v) is 4.83. The first-order valence-electron chi connectivity index (χ1n) is 9.95. The zero-order valence-electron chi connectivity index (χ0n) is 17.5. The average molecular weight is 409 g/mol. The third-order valence-electron chi connectivity index (χ3n) is 4.83. The van der Waals surface area contributed by atoms with Crippen molar-refractivity contribution in [3.63, 3.8) is 0 Å². The molecule has 7 heteroatoms. The lowest BCUT2D eigenvalue weighted by molar-refractivity contribution is -0.123. The predicted octanol–water partition coefficient (Wildman–Crippen LogP) is 2.74. The first-order valence-corrected chi connectivity index (χ1v) is 9.95. The molecule has 158 valence electrons. The highest BCUT2D eigenvalue weighted by molar-refractivity contribution is 5.94. The van der Waals surface area contributed by atoms with Gasteiger partial charge < -0.3 is 20.3 Å². The van der Waals surface area contributed by atoms with Gasteiger partial charge >= 0.3 is 0 Å². The van der Waals surface area contributed by atoms with E-state index in [1.165, 1.54) is 4.90 Å². The molecule has 0 atom stereocenters. The monoisotopic (exact) mass is 409 g/mol. The Morgan fingerprint density at radius 3 is 2.57 bits per heavy atom. The zero-order chi connectivity index (χ0) is 21.7. The molecule has 1 aliphatic rings. The van der Waals surface area contributed by atoms with Gasteiger partial charge in [-0.1, -0.05) is 18.2 Å². The highest BCUT2D eigenvalue weighted by atomic mass is 16.5. The molecule has 2 aromatic carbocycles. The molecule has 0 unspecified atom stereocenters. The Bertz CT molecular complexity index is 951. The molecule has 2 aromatic rings. The highest BCUT2D eigenvalue weighted by Gasteiger charge is 2.29. The van der Waals surface area contributed by atoms with Crippen molar-refractivity contribution >= 4 is 23.4 Å². The van der Waals surface area contributed by atoms with E-state index in [2.05, 4.69) is 10.6 Å². The first-order chi connectivity index (χ1) is 14.3. The Hall–Kier alpha value is -3.35. The van der Waals surface area contributed by atoms with Gasteiger partial charge in [0.2, 0.25) is 5.91 Å². The Kier molecular flexibility index (Phi) is 6.72. The molecule has 0 aliphatic heterocycles. The van der Waals surface area contributed by atoms with Crippen molar-refractivity contribution in [2.75, 3.05) is 26.0 Å². The molecule has 0 aromatic heterocycles. The number of amides is 3. The van der Waals surface area contributed by atoms with Crippen LogP contribution in [0.15, 0.2) is 42.5 Å². The van der Waals surface area contributed by atoms with Crippen molar-refractivity contribution in [2.24, 2.45) is 5.92 Å². The molecular formula is C23H27N3O4. The van der Waals surface area contributed by atoms with Crippen LogP contribution in [0.4, 0.5) is 5.69 Å². The number of nitrogens with one attached hydrogen (secondary N) is 2. The van der Waals surface area contributed by atoms with Crippen LogP contribution >= 0.6 is 0 Å². The van der Waals surface area contributed by atoms with Crippen LogP contribution in [-0.2, 0) is 16.1 Å². The van der Waals surface area contributed by atoms with Gasteiger partial charge in [-0.2, -0.15) is 0 Å². The number of ether oxygens (including phenoxy) is 1. The second-order valence-electron chi connectivity index (χ2n) is 7.71. The number of carbonyl (C=O) groups is 3. The molecule has 7 nitrogen and oxygen atoms in total.